The van der Waals surface area contributed by atoms with Crippen LogP contribution < -0.4 is 0 Å². The number of H-pyrrole nitrogens is 1. The molecule has 1 aromatic heterocycles. The Balaban J connectivity index is 1.66. The second kappa shape index (κ2) is 5.67. The molecule has 1 aliphatic carbocycles. The number of rotatable bonds is 1. The number of aromatic nitrogens is 1. The molecule has 0 unspecified atom stereocenters. The molecule has 1 N–H and O–H groups in total. The van der Waals surface area contributed by atoms with Gasteiger partial charge in [0.25, 0.3) is 0 Å². The van der Waals surface area contributed by atoms with Crippen molar-refractivity contribution in [3.05, 3.63) is 52.0 Å². The van der Waals surface area contributed by atoms with Crippen LogP contribution in [0.3, 0.4) is 0 Å². The number of nitrogens with zero attached hydrogens (tertiary/aromatic N) is 2. The van der Waals surface area contributed by atoms with Crippen LogP contribution in [-0.2, 0) is 0 Å². The molecule has 0 spiro atoms. The Hall–Kier alpha value is -1.39. The number of allylic oxidation sites excluding steroid dienone is 1. The fraction of sp³-hybridized carbons (Fsp3) is 0.294. The van der Waals surface area contributed by atoms with Gasteiger partial charge in [-0.05, 0) is 67.3 Å². The molecule has 1 saturated carbocycles. The van der Waals surface area contributed by atoms with E-state index < -0.39 is 0 Å². The van der Waals surface area contributed by atoms with Crippen LogP contribution in [0.25, 0.3) is 10.9 Å². The van der Waals surface area contributed by atoms with Crippen LogP contribution in [0.5, 0.6) is 0 Å². The van der Waals surface area contributed by atoms with Crippen LogP contribution in [0.15, 0.2) is 40.0 Å². The Morgan fingerprint density at radius 1 is 1.27 bits per heavy atom. The summed E-state index contributed by atoms with van der Waals surface area (Å²) >= 11 is 7.82. The predicted molar refractivity (Wildman–Crippen MR) is 95.0 cm³/mol. The topological polar surface area (TPSA) is 31.4 Å². The Labute approximate surface area is 139 Å². The van der Waals surface area contributed by atoms with Crippen LogP contribution in [-0.4, -0.2) is 22.1 Å². The molecule has 113 valence electrons. The number of halogens is 1. The third kappa shape index (κ3) is 2.55. The summed E-state index contributed by atoms with van der Waals surface area (Å²) in [5, 5.41) is 10.9. The zero-order valence-electron chi connectivity index (χ0n) is 12.4. The first-order valence-electron chi connectivity index (χ1n) is 7.56. The van der Waals surface area contributed by atoms with E-state index in [9.17, 15) is 0 Å². The second-order valence-electron chi connectivity index (χ2n) is 5.73. The van der Waals surface area contributed by atoms with Crippen LogP contribution in [0.1, 0.15) is 31.4 Å². The monoisotopic (exact) mass is 330 g/mol. The molecule has 4 rings (SSSR count). The lowest BCUT2D eigenvalue weighted by Gasteiger charge is -2.18. The molecule has 0 saturated heterocycles. The molecule has 1 fully saturated rings. The Kier molecular flexibility index (Phi) is 3.66. The molecule has 1 aliphatic heterocycles. The zero-order valence-corrected chi connectivity index (χ0v) is 14.0. The van der Waals surface area contributed by atoms with Crippen molar-refractivity contribution in [1.82, 2.24) is 9.99 Å². The van der Waals surface area contributed by atoms with E-state index in [1.165, 1.54) is 29.9 Å². The number of hydrogen-bond acceptors (Lipinski definition) is 3. The summed E-state index contributed by atoms with van der Waals surface area (Å²) in [7, 11) is 2.03. The normalized spacial score (nSPS) is 22.5. The molecule has 1 aromatic carbocycles. The molecule has 2 heterocycles. The van der Waals surface area contributed by atoms with E-state index in [0.717, 1.165) is 33.1 Å². The molecule has 0 amide bonds. The van der Waals surface area contributed by atoms with E-state index in [4.69, 9.17) is 16.7 Å². The summed E-state index contributed by atoms with van der Waals surface area (Å²) < 4.78 is 0. The first-order valence-corrected chi connectivity index (χ1v) is 8.75. The van der Waals surface area contributed by atoms with Gasteiger partial charge in [-0.3, -0.25) is 5.01 Å². The van der Waals surface area contributed by atoms with Gasteiger partial charge in [0.2, 0.25) is 0 Å². The molecular weight excluding hydrogens is 314 g/mol. The first kappa shape index (κ1) is 14.2. The number of nitrogens with one attached hydrogen (secondary N) is 1. The quantitative estimate of drug-likeness (QED) is 0.783. The maximum Gasteiger partial charge on any atom is 0.146 e. The number of thioether (sulfide) groups is 1. The summed E-state index contributed by atoms with van der Waals surface area (Å²) in [5.74, 6) is 0. The van der Waals surface area contributed by atoms with Crippen molar-refractivity contribution >= 4 is 39.3 Å². The zero-order chi connectivity index (χ0) is 15.1. The number of hydrazone groups is 1. The SMILES string of the molecule is CN1N=C(c2cc3cc(Cl)ccc3[nH]2)SC1=C1[CH]CCCC1. The van der Waals surface area contributed by atoms with Gasteiger partial charge in [-0.25, -0.2) is 0 Å². The number of benzene rings is 1. The van der Waals surface area contributed by atoms with Gasteiger partial charge >= 0.3 is 0 Å². The lowest BCUT2D eigenvalue weighted by atomic mass is 9.96. The molecule has 2 aliphatic rings. The molecule has 0 bridgehead atoms. The van der Waals surface area contributed by atoms with E-state index in [-0.39, 0.29) is 0 Å². The minimum atomic E-state index is 0.760. The fourth-order valence-corrected chi connectivity index (χ4v) is 4.23. The second-order valence-corrected chi connectivity index (χ2v) is 7.14. The van der Waals surface area contributed by atoms with Crippen LogP contribution in [0, 0.1) is 6.42 Å². The molecule has 2 aromatic rings. The molecule has 0 atom stereocenters. The fourth-order valence-electron chi connectivity index (χ4n) is 2.99. The Morgan fingerprint density at radius 2 is 2.18 bits per heavy atom. The summed E-state index contributed by atoms with van der Waals surface area (Å²) in [6, 6.07) is 8.03. The van der Waals surface area contributed by atoms with Gasteiger partial charge in [0.05, 0.1) is 10.7 Å². The Morgan fingerprint density at radius 3 is 3.00 bits per heavy atom. The number of aromatic amines is 1. The van der Waals surface area contributed by atoms with E-state index in [1.807, 2.05) is 30.3 Å². The molecule has 1 radical (unpaired) electrons. The summed E-state index contributed by atoms with van der Waals surface area (Å²) in [4.78, 5) is 3.44. The van der Waals surface area contributed by atoms with Gasteiger partial charge < -0.3 is 4.98 Å². The molecular formula is C17H17ClN3S. The summed E-state index contributed by atoms with van der Waals surface area (Å²) in [6.45, 7) is 0. The van der Waals surface area contributed by atoms with Gasteiger partial charge in [0.1, 0.15) is 5.04 Å². The minimum Gasteiger partial charge on any atom is -0.353 e. The highest BCUT2D eigenvalue weighted by atomic mass is 35.5. The third-order valence-electron chi connectivity index (χ3n) is 4.11. The predicted octanol–water partition coefficient (Wildman–Crippen LogP) is 5.15. The summed E-state index contributed by atoms with van der Waals surface area (Å²) in [6.07, 6.45) is 7.31. The average Bonchev–Trinajstić information content (AvgIpc) is 3.11. The third-order valence-corrected chi connectivity index (χ3v) is 5.56. The highest BCUT2D eigenvalue weighted by Gasteiger charge is 2.25. The lowest BCUT2D eigenvalue weighted by molar-refractivity contribution is 0.476. The van der Waals surface area contributed by atoms with Gasteiger partial charge in [-0.1, -0.05) is 18.0 Å². The van der Waals surface area contributed by atoms with Gasteiger partial charge in [-0.2, -0.15) is 5.10 Å². The van der Waals surface area contributed by atoms with Crippen LogP contribution in [0.4, 0.5) is 0 Å². The minimum absolute atomic E-state index is 0.760. The van der Waals surface area contributed by atoms with Gasteiger partial charge in [-0.15, -0.1) is 0 Å². The highest BCUT2D eigenvalue weighted by Crippen LogP contribution is 2.38. The lowest BCUT2D eigenvalue weighted by Crippen LogP contribution is -2.08. The van der Waals surface area contributed by atoms with Crippen LogP contribution >= 0.6 is 23.4 Å². The van der Waals surface area contributed by atoms with Crippen molar-refractivity contribution < 1.29 is 0 Å². The van der Waals surface area contributed by atoms with Crippen molar-refractivity contribution in [2.24, 2.45) is 5.10 Å². The highest BCUT2D eigenvalue weighted by molar-refractivity contribution is 8.17. The Bertz CT molecular complexity index is 782. The van der Waals surface area contributed by atoms with E-state index >= 15 is 0 Å². The van der Waals surface area contributed by atoms with Crippen molar-refractivity contribution in [3.8, 4) is 0 Å². The van der Waals surface area contributed by atoms with Crippen molar-refractivity contribution in [1.29, 1.82) is 0 Å². The van der Waals surface area contributed by atoms with Crippen LogP contribution in [0.2, 0.25) is 5.02 Å². The first-order chi connectivity index (χ1) is 10.7. The van der Waals surface area contributed by atoms with E-state index in [2.05, 4.69) is 17.5 Å². The molecule has 22 heavy (non-hydrogen) atoms. The largest absolute Gasteiger partial charge is 0.353 e. The number of hydrogen-bond donors (Lipinski definition) is 1. The summed E-state index contributed by atoms with van der Waals surface area (Å²) in [5.41, 5.74) is 3.59. The maximum absolute atomic E-state index is 6.07. The van der Waals surface area contributed by atoms with Crippen molar-refractivity contribution in [3.63, 3.8) is 0 Å². The van der Waals surface area contributed by atoms with Crippen molar-refractivity contribution in [2.75, 3.05) is 7.05 Å². The van der Waals surface area contributed by atoms with E-state index in [0.29, 0.717) is 0 Å². The number of fused-ring (bicyclic) bond motifs is 1. The molecule has 5 heteroatoms. The maximum atomic E-state index is 6.07. The smallest absolute Gasteiger partial charge is 0.146 e. The van der Waals surface area contributed by atoms with Gasteiger partial charge in [0.15, 0.2) is 0 Å². The van der Waals surface area contributed by atoms with E-state index in [1.54, 1.807) is 11.8 Å². The standard InChI is InChI=1S/C17H17ClN3S/c1-21-17(11-5-3-2-4-6-11)22-16(20-21)15-10-12-9-13(18)7-8-14(12)19-15/h5,7-10,19H,2-4,6H2,1H3. The van der Waals surface area contributed by atoms with Gasteiger partial charge in [0, 0.05) is 23.0 Å². The van der Waals surface area contributed by atoms with Crippen molar-refractivity contribution in [2.45, 2.75) is 25.7 Å². The molecule has 3 nitrogen and oxygen atoms in total. The average molecular weight is 331 g/mol.